The first-order valence-corrected chi connectivity index (χ1v) is 21.2. The van der Waals surface area contributed by atoms with Crippen LogP contribution in [0.1, 0.15) is 32.6 Å². The highest BCUT2D eigenvalue weighted by Gasteiger charge is 2.54. The summed E-state index contributed by atoms with van der Waals surface area (Å²) in [7, 11) is 1.56. The summed E-state index contributed by atoms with van der Waals surface area (Å²) < 4.78 is 64.9. The molecule has 2 fully saturated rings. The van der Waals surface area contributed by atoms with E-state index in [1.807, 2.05) is 127 Å². The van der Waals surface area contributed by atoms with Gasteiger partial charge in [-0.1, -0.05) is 146 Å². The average molecular weight is 861 g/mol. The molecule has 0 unspecified atom stereocenters. The third-order valence-electron chi connectivity index (χ3n) is 10.8. The lowest BCUT2D eigenvalue weighted by molar-refractivity contribution is -0.371. The second-order valence-electron chi connectivity index (χ2n) is 15.2. The Morgan fingerprint density at radius 3 is 1.54 bits per heavy atom. The van der Waals surface area contributed by atoms with E-state index in [2.05, 4.69) is 6.58 Å². The highest BCUT2D eigenvalue weighted by molar-refractivity contribution is 5.89. The van der Waals surface area contributed by atoms with E-state index in [0.29, 0.717) is 12.2 Å². The van der Waals surface area contributed by atoms with Gasteiger partial charge in [0.15, 0.2) is 12.6 Å². The van der Waals surface area contributed by atoms with Gasteiger partial charge >= 0.3 is 5.97 Å². The number of methoxy groups -OCH3 is 1. The van der Waals surface area contributed by atoms with Gasteiger partial charge in [-0.05, 0) is 34.4 Å². The molecule has 0 spiro atoms. The molecule has 5 aromatic carbocycles. The summed E-state index contributed by atoms with van der Waals surface area (Å²) in [5.41, 5.74) is 4.06. The molecule has 332 valence electrons. The molecule has 12 heteroatoms. The largest absolute Gasteiger partial charge is 0.459 e. The predicted molar refractivity (Wildman–Crippen MR) is 233 cm³/mol. The van der Waals surface area contributed by atoms with Crippen molar-refractivity contribution in [2.24, 2.45) is 0 Å². The van der Waals surface area contributed by atoms with E-state index in [1.165, 1.54) is 0 Å². The first kappa shape index (κ1) is 45.9. The first-order chi connectivity index (χ1) is 31.0. The van der Waals surface area contributed by atoms with Crippen molar-refractivity contribution in [3.63, 3.8) is 0 Å². The number of esters is 1. The van der Waals surface area contributed by atoms with E-state index in [1.54, 1.807) is 37.5 Å². The number of carbonyl (C=O) groups is 1. The van der Waals surface area contributed by atoms with Crippen molar-refractivity contribution in [2.75, 3.05) is 26.9 Å². The number of aliphatic hydroxyl groups excluding tert-OH is 1. The van der Waals surface area contributed by atoms with Gasteiger partial charge in [-0.15, -0.1) is 6.58 Å². The Morgan fingerprint density at radius 2 is 1.02 bits per heavy atom. The van der Waals surface area contributed by atoms with Crippen LogP contribution in [0.2, 0.25) is 0 Å². The minimum absolute atomic E-state index is 0.0651. The zero-order valence-corrected chi connectivity index (χ0v) is 35.4. The highest BCUT2D eigenvalue weighted by Crippen LogP contribution is 2.35. The smallest absolute Gasteiger partial charge is 0.338 e. The van der Waals surface area contributed by atoms with Gasteiger partial charge in [0.25, 0.3) is 0 Å². The van der Waals surface area contributed by atoms with E-state index in [9.17, 15) is 9.90 Å². The van der Waals surface area contributed by atoms with Crippen LogP contribution < -0.4 is 0 Å². The topological polar surface area (TPSA) is 130 Å². The van der Waals surface area contributed by atoms with Gasteiger partial charge in [0.05, 0.1) is 45.2 Å². The Balaban J connectivity index is 1.23. The second-order valence-corrected chi connectivity index (χ2v) is 15.2. The van der Waals surface area contributed by atoms with Gasteiger partial charge in [0, 0.05) is 7.11 Å². The minimum Gasteiger partial charge on any atom is -0.459 e. The molecule has 12 nitrogen and oxygen atoms in total. The van der Waals surface area contributed by atoms with E-state index in [-0.39, 0.29) is 39.6 Å². The lowest BCUT2D eigenvalue weighted by atomic mass is 9.96. The summed E-state index contributed by atoms with van der Waals surface area (Å²) in [5.74, 6) is -0.578. The Bertz CT molecular complexity index is 2060. The molecule has 0 saturated carbocycles. The summed E-state index contributed by atoms with van der Waals surface area (Å²) in [6.07, 6.45) is -8.42. The molecule has 1 N–H and O–H groups in total. The molecular formula is C51H56O12. The van der Waals surface area contributed by atoms with Crippen molar-refractivity contribution in [1.29, 1.82) is 0 Å². The van der Waals surface area contributed by atoms with Gasteiger partial charge in [-0.2, -0.15) is 0 Å². The van der Waals surface area contributed by atoms with Crippen LogP contribution in [0, 0.1) is 0 Å². The summed E-state index contributed by atoms with van der Waals surface area (Å²) in [6, 6.07) is 47.6. The quantitative estimate of drug-likeness (QED) is 0.0557. The molecule has 63 heavy (non-hydrogen) atoms. The van der Waals surface area contributed by atoms with Crippen LogP contribution in [0.5, 0.6) is 0 Å². The Hall–Kier alpha value is -5.09. The fourth-order valence-corrected chi connectivity index (χ4v) is 7.55. The van der Waals surface area contributed by atoms with Gasteiger partial charge in [0.2, 0.25) is 0 Å². The fraction of sp³-hybridized carbons (Fsp3) is 0.353. The van der Waals surface area contributed by atoms with Gasteiger partial charge < -0.3 is 52.5 Å². The van der Waals surface area contributed by atoms with Crippen LogP contribution in [0.3, 0.4) is 0 Å². The summed E-state index contributed by atoms with van der Waals surface area (Å²) in [5, 5.41) is 12.0. The molecule has 2 saturated heterocycles. The van der Waals surface area contributed by atoms with Crippen LogP contribution in [0.25, 0.3) is 0 Å². The molecule has 2 aliphatic heterocycles. The van der Waals surface area contributed by atoms with Crippen LogP contribution in [0.4, 0.5) is 0 Å². The Labute approximate surface area is 369 Å². The molecule has 0 radical (unpaired) electrons. The summed E-state index contributed by atoms with van der Waals surface area (Å²) in [4.78, 5) is 13.2. The van der Waals surface area contributed by atoms with Crippen LogP contribution in [-0.4, -0.2) is 99.4 Å². The van der Waals surface area contributed by atoms with Crippen molar-refractivity contribution in [3.05, 3.63) is 192 Å². The van der Waals surface area contributed by atoms with E-state index < -0.39 is 67.4 Å². The van der Waals surface area contributed by atoms with E-state index in [0.717, 1.165) is 22.3 Å². The van der Waals surface area contributed by atoms with Crippen molar-refractivity contribution in [1.82, 2.24) is 0 Å². The van der Waals surface area contributed by atoms with E-state index >= 15 is 0 Å². The molecule has 7 rings (SSSR count). The van der Waals surface area contributed by atoms with Crippen LogP contribution in [0.15, 0.2) is 164 Å². The Kier molecular flexibility index (Phi) is 17.6. The average Bonchev–Trinajstić information content (AvgIpc) is 3.33. The number of rotatable bonds is 22. The lowest BCUT2D eigenvalue weighted by Crippen LogP contribution is -2.66. The molecule has 0 aliphatic carbocycles. The number of carbonyl (C=O) groups excluding carboxylic acids is 1. The molecule has 2 aliphatic rings. The van der Waals surface area contributed by atoms with Gasteiger partial charge in [-0.25, -0.2) is 4.79 Å². The number of ether oxygens (including phenoxy) is 10. The third-order valence-corrected chi connectivity index (χ3v) is 10.8. The zero-order valence-electron chi connectivity index (χ0n) is 35.4. The maximum Gasteiger partial charge on any atom is 0.338 e. The maximum absolute atomic E-state index is 13.2. The normalized spacial score (nSPS) is 25.9. The zero-order chi connectivity index (χ0) is 43.6. The lowest BCUT2D eigenvalue weighted by Gasteiger charge is -2.49. The first-order valence-electron chi connectivity index (χ1n) is 21.2. The van der Waals surface area contributed by atoms with Crippen molar-refractivity contribution in [2.45, 2.75) is 87.8 Å². The van der Waals surface area contributed by atoms with Gasteiger partial charge in [-0.3, -0.25) is 0 Å². The molecular weight excluding hydrogens is 805 g/mol. The highest BCUT2D eigenvalue weighted by atomic mass is 16.8. The molecule has 0 amide bonds. The van der Waals surface area contributed by atoms with E-state index in [4.69, 9.17) is 47.4 Å². The summed E-state index contributed by atoms with van der Waals surface area (Å²) in [6.45, 7) is 4.56. The number of hydrogen-bond acceptors (Lipinski definition) is 12. The predicted octanol–water partition coefficient (Wildman–Crippen LogP) is 7.23. The fourth-order valence-electron chi connectivity index (χ4n) is 7.55. The van der Waals surface area contributed by atoms with Crippen molar-refractivity contribution in [3.8, 4) is 0 Å². The standard InChI is InChI=1S/C51H56O12/c1-3-29-56-47-45(57-31-37-21-11-5-12-22-37)43(52)41(35-60-49(53)40-27-17-8-18-28-40)61-51(47)63-44-42(34-55-30-36-19-9-4-10-20-36)62-50(54-2)48(59-33-39-25-15-7-16-26-39)46(44)58-32-38-23-13-6-14-24-38/h3-28,41-48,50-52H,1,29-35H2,2H3/t41-,42-,43+,44-,45+,46+,47-,48-,50+,51+/m1/s1. The molecule has 0 bridgehead atoms. The molecule has 10 atom stereocenters. The molecule has 2 heterocycles. The Morgan fingerprint density at radius 1 is 0.556 bits per heavy atom. The SMILES string of the molecule is C=CCO[C@H]1[C@H](O[C@H]2[C@H](OCc3ccccc3)[C@@H](OCc3ccccc3)[C@@H](OC)O[C@@H]2COCc2ccccc2)O[C@H](COC(=O)c2ccccc2)[C@H](O)[C@@H]1OCc1ccccc1. The summed E-state index contributed by atoms with van der Waals surface area (Å²) >= 11 is 0. The number of aliphatic hydroxyl groups is 1. The monoisotopic (exact) mass is 860 g/mol. The minimum atomic E-state index is -1.32. The molecule has 5 aromatic rings. The van der Waals surface area contributed by atoms with Crippen molar-refractivity contribution < 1.29 is 57.3 Å². The van der Waals surface area contributed by atoms with Gasteiger partial charge in [0.1, 0.15) is 55.4 Å². The third kappa shape index (κ3) is 13.0. The second kappa shape index (κ2) is 24.1. The number of hydrogen-bond donors (Lipinski definition) is 1. The van der Waals surface area contributed by atoms with Crippen LogP contribution >= 0.6 is 0 Å². The maximum atomic E-state index is 13.2. The number of benzene rings is 5. The molecule has 0 aromatic heterocycles. The van der Waals surface area contributed by atoms with Crippen molar-refractivity contribution >= 4 is 5.97 Å². The van der Waals surface area contributed by atoms with Crippen LogP contribution in [-0.2, 0) is 73.8 Å².